The first-order valence-corrected chi connectivity index (χ1v) is 5.70. The van der Waals surface area contributed by atoms with Crippen molar-refractivity contribution in [3.8, 4) is 5.75 Å². The molecule has 1 aliphatic rings. The van der Waals surface area contributed by atoms with Crippen LogP contribution in [0.5, 0.6) is 5.75 Å². The van der Waals surface area contributed by atoms with E-state index in [1.54, 1.807) is 25.3 Å². The molecule has 2 unspecified atom stereocenters. The molecule has 0 aliphatic carbocycles. The standard InChI is InChI=1S/C13H16O4/c1-16-10-5-2-4-9(8-10)12(13(14)15)11-6-3-7-17-11/h2,4-5,8,11-12H,3,6-7H2,1H3,(H,14,15). The van der Waals surface area contributed by atoms with Crippen molar-refractivity contribution >= 4 is 5.97 Å². The number of carboxylic acid groups (broad SMARTS) is 1. The van der Waals surface area contributed by atoms with Gasteiger partial charge in [0.25, 0.3) is 0 Å². The maximum absolute atomic E-state index is 11.4. The van der Waals surface area contributed by atoms with Crippen molar-refractivity contribution in [2.24, 2.45) is 0 Å². The predicted octanol–water partition coefficient (Wildman–Crippen LogP) is 2.04. The molecule has 0 bridgehead atoms. The molecular formula is C13H16O4. The lowest BCUT2D eigenvalue weighted by Gasteiger charge is -2.19. The van der Waals surface area contributed by atoms with E-state index >= 15 is 0 Å². The van der Waals surface area contributed by atoms with Crippen LogP contribution in [-0.2, 0) is 9.53 Å². The summed E-state index contributed by atoms with van der Waals surface area (Å²) in [6.07, 6.45) is 1.51. The van der Waals surface area contributed by atoms with Crippen molar-refractivity contribution in [1.29, 1.82) is 0 Å². The summed E-state index contributed by atoms with van der Waals surface area (Å²) in [6, 6.07) is 7.18. The van der Waals surface area contributed by atoms with Crippen LogP contribution >= 0.6 is 0 Å². The Morgan fingerprint density at radius 3 is 3.00 bits per heavy atom. The Kier molecular flexibility index (Phi) is 3.64. The molecule has 17 heavy (non-hydrogen) atoms. The average molecular weight is 236 g/mol. The highest BCUT2D eigenvalue weighted by molar-refractivity contribution is 5.77. The zero-order valence-corrected chi connectivity index (χ0v) is 9.76. The summed E-state index contributed by atoms with van der Waals surface area (Å²) in [5.41, 5.74) is 0.740. The van der Waals surface area contributed by atoms with Crippen LogP contribution in [0.25, 0.3) is 0 Å². The van der Waals surface area contributed by atoms with Gasteiger partial charge in [0.2, 0.25) is 0 Å². The zero-order chi connectivity index (χ0) is 12.3. The molecule has 1 aromatic rings. The monoisotopic (exact) mass is 236 g/mol. The van der Waals surface area contributed by atoms with E-state index in [4.69, 9.17) is 9.47 Å². The first kappa shape index (κ1) is 11.9. The molecule has 0 saturated carbocycles. The number of hydrogen-bond acceptors (Lipinski definition) is 3. The Morgan fingerprint density at radius 1 is 1.59 bits per heavy atom. The molecule has 2 rings (SSSR count). The van der Waals surface area contributed by atoms with Crippen LogP contribution in [0.4, 0.5) is 0 Å². The third kappa shape index (κ3) is 2.58. The predicted molar refractivity (Wildman–Crippen MR) is 62.3 cm³/mol. The van der Waals surface area contributed by atoms with Crippen LogP contribution in [0.2, 0.25) is 0 Å². The van der Waals surface area contributed by atoms with Gasteiger partial charge in [0.15, 0.2) is 0 Å². The van der Waals surface area contributed by atoms with E-state index < -0.39 is 11.9 Å². The summed E-state index contributed by atoms with van der Waals surface area (Å²) >= 11 is 0. The molecule has 1 aliphatic heterocycles. The van der Waals surface area contributed by atoms with Crippen LogP contribution in [0.1, 0.15) is 24.3 Å². The van der Waals surface area contributed by atoms with E-state index in [9.17, 15) is 9.90 Å². The lowest BCUT2D eigenvalue weighted by atomic mass is 9.92. The highest BCUT2D eigenvalue weighted by Crippen LogP contribution is 2.30. The Hall–Kier alpha value is -1.55. The Balaban J connectivity index is 2.28. The van der Waals surface area contributed by atoms with Crippen molar-refractivity contribution in [1.82, 2.24) is 0 Å². The van der Waals surface area contributed by atoms with Crippen LogP contribution in [0, 0.1) is 0 Å². The first-order valence-electron chi connectivity index (χ1n) is 5.70. The number of carbonyl (C=O) groups is 1. The minimum atomic E-state index is -0.842. The molecule has 0 aromatic heterocycles. The Labute approximate surface area is 100 Å². The summed E-state index contributed by atoms with van der Waals surface area (Å²) in [4.78, 5) is 11.4. The second-order valence-electron chi connectivity index (χ2n) is 4.14. The summed E-state index contributed by atoms with van der Waals surface area (Å²) in [5.74, 6) is -0.774. The Morgan fingerprint density at radius 2 is 2.41 bits per heavy atom. The number of hydrogen-bond donors (Lipinski definition) is 1. The molecule has 1 heterocycles. The van der Waals surface area contributed by atoms with Gasteiger partial charge in [0.1, 0.15) is 11.7 Å². The molecule has 1 N–H and O–H groups in total. The maximum Gasteiger partial charge on any atom is 0.313 e. The van der Waals surface area contributed by atoms with Crippen molar-refractivity contribution in [2.45, 2.75) is 24.9 Å². The minimum Gasteiger partial charge on any atom is -0.497 e. The van der Waals surface area contributed by atoms with Crippen LogP contribution in [-0.4, -0.2) is 30.9 Å². The van der Waals surface area contributed by atoms with Gasteiger partial charge in [-0.25, -0.2) is 0 Å². The second-order valence-corrected chi connectivity index (χ2v) is 4.14. The van der Waals surface area contributed by atoms with Crippen LogP contribution in [0.15, 0.2) is 24.3 Å². The topological polar surface area (TPSA) is 55.8 Å². The van der Waals surface area contributed by atoms with E-state index in [1.165, 1.54) is 0 Å². The van der Waals surface area contributed by atoms with Crippen LogP contribution in [0.3, 0.4) is 0 Å². The zero-order valence-electron chi connectivity index (χ0n) is 9.76. The highest BCUT2D eigenvalue weighted by Gasteiger charge is 2.33. The SMILES string of the molecule is COc1cccc(C(C(=O)O)C2CCCO2)c1. The molecule has 0 amide bonds. The fourth-order valence-corrected chi connectivity index (χ4v) is 2.22. The largest absolute Gasteiger partial charge is 0.497 e. The fourth-order valence-electron chi connectivity index (χ4n) is 2.22. The van der Waals surface area contributed by atoms with Gasteiger partial charge in [0.05, 0.1) is 13.2 Å². The van der Waals surface area contributed by atoms with Gasteiger partial charge >= 0.3 is 5.97 Å². The Bertz CT molecular complexity index is 396. The van der Waals surface area contributed by atoms with Gasteiger partial charge in [-0.2, -0.15) is 0 Å². The molecule has 1 saturated heterocycles. The maximum atomic E-state index is 11.4. The molecule has 92 valence electrons. The van der Waals surface area contributed by atoms with E-state index in [0.29, 0.717) is 12.4 Å². The number of aliphatic carboxylic acids is 1. The van der Waals surface area contributed by atoms with Crippen molar-refractivity contribution in [3.63, 3.8) is 0 Å². The third-order valence-corrected chi connectivity index (χ3v) is 3.06. The number of carboxylic acids is 1. The van der Waals surface area contributed by atoms with Gasteiger partial charge in [-0.05, 0) is 30.5 Å². The van der Waals surface area contributed by atoms with Crippen molar-refractivity contribution in [3.05, 3.63) is 29.8 Å². The minimum absolute atomic E-state index is 0.223. The smallest absolute Gasteiger partial charge is 0.313 e. The summed E-state index contributed by atoms with van der Waals surface area (Å²) in [5, 5.41) is 9.33. The van der Waals surface area contributed by atoms with Crippen LogP contribution < -0.4 is 4.74 Å². The van der Waals surface area contributed by atoms with Crippen molar-refractivity contribution < 1.29 is 19.4 Å². The quantitative estimate of drug-likeness (QED) is 0.869. The fraction of sp³-hybridized carbons (Fsp3) is 0.462. The van der Waals surface area contributed by atoms with Gasteiger partial charge in [-0.15, -0.1) is 0 Å². The summed E-state index contributed by atoms with van der Waals surface area (Å²) in [7, 11) is 1.57. The van der Waals surface area contributed by atoms with E-state index in [1.807, 2.05) is 6.07 Å². The van der Waals surface area contributed by atoms with E-state index in [-0.39, 0.29) is 6.10 Å². The van der Waals surface area contributed by atoms with E-state index in [2.05, 4.69) is 0 Å². The van der Waals surface area contributed by atoms with Gasteiger partial charge in [0, 0.05) is 6.61 Å². The highest BCUT2D eigenvalue weighted by atomic mass is 16.5. The van der Waals surface area contributed by atoms with Gasteiger partial charge < -0.3 is 14.6 Å². The van der Waals surface area contributed by atoms with Crippen molar-refractivity contribution in [2.75, 3.05) is 13.7 Å². The average Bonchev–Trinajstić information content (AvgIpc) is 2.83. The molecular weight excluding hydrogens is 220 g/mol. The molecule has 2 atom stereocenters. The molecule has 4 nitrogen and oxygen atoms in total. The first-order chi connectivity index (χ1) is 8.22. The number of ether oxygens (including phenoxy) is 2. The lowest BCUT2D eigenvalue weighted by Crippen LogP contribution is -2.25. The number of benzene rings is 1. The molecule has 1 aromatic carbocycles. The molecule has 0 spiro atoms. The van der Waals surface area contributed by atoms with Gasteiger partial charge in [-0.3, -0.25) is 4.79 Å². The normalized spacial score (nSPS) is 21.1. The molecule has 4 heteroatoms. The number of methoxy groups -OCH3 is 1. The molecule has 0 radical (unpaired) electrons. The third-order valence-electron chi connectivity index (χ3n) is 3.06. The van der Waals surface area contributed by atoms with E-state index in [0.717, 1.165) is 18.4 Å². The van der Waals surface area contributed by atoms with Gasteiger partial charge in [-0.1, -0.05) is 12.1 Å². The lowest BCUT2D eigenvalue weighted by molar-refractivity contribution is -0.141. The second kappa shape index (κ2) is 5.19. The summed E-state index contributed by atoms with van der Waals surface area (Å²) < 4.78 is 10.6. The number of rotatable bonds is 4. The summed E-state index contributed by atoms with van der Waals surface area (Å²) in [6.45, 7) is 0.651. The molecule has 1 fully saturated rings.